The van der Waals surface area contributed by atoms with Crippen LogP contribution in [0.4, 0.5) is 0 Å². The Balaban J connectivity index is 4.46. The van der Waals surface area contributed by atoms with Gasteiger partial charge < -0.3 is 15.3 Å². The molecule has 0 bridgehead atoms. The van der Waals surface area contributed by atoms with Crippen LogP contribution in [0.5, 0.6) is 0 Å². The van der Waals surface area contributed by atoms with E-state index < -0.39 is 17.7 Å². The fourth-order valence-electron chi connectivity index (χ4n) is 1.40. The normalized spacial score (nSPS) is 14.6. The van der Waals surface area contributed by atoms with Gasteiger partial charge in [0.2, 0.25) is 0 Å². The number of hydrogen-bond acceptors (Lipinski definition) is 3. The van der Waals surface area contributed by atoms with Crippen molar-refractivity contribution in [3.63, 3.8) is 0 Å². The van der Waals surface area contributed by atoms with Gasteiger partial charge in [0.1, 0.15) is 0 Å². The molecule has 4 heteroatoms. The van der Waals surface area contributed by atoms with Crippen LogP contribution in [0.1, 0.15) is 33.6 Å². The summed E-state index contributed by atoms with van der Waals surface area (Å²) in [6.45, 7) is 5.05. The van der Waals surface area contributed by atoms with Gasteiger partial charge in [0, 0.05) is 6.42 Å². The van der Waals surface area contributed by atoms with Crippen molar-refractivity contribution in [3.8, 4) is 0 Å². The van der Waals surface area contributed by atoms with E-state index in [0.717, 1.165) is 0 Å². The molecule has 0 rings (SSSR count). The molecule has 0 saturated heterocycles. The predicted octanol–water partition coefficient (Wildman–Crippen LogP) is 0.824. The lowest BCUT2D eigenvalue weighted by molar-refractivity contribution is -0.152. The SMILES string of the molecule is CCC(CC(O)O)C(C)(C)C(=O)O. The highest BCUT2D eigenvalue weighted by atomic mass is 16.5. The highest BCUT2D eigenvalue weighted by Crippen LogP contribution is 2.32. The second-order valence-electron chi connectivity index (χ2n) is 3.85. The Hall–Kier alpha value is -0.610. The average Bonchev–Trinajstić information content (AvgIpc) is 1.99. The summed E-state index contributed by atoms with van der Waals surface area (Å²) in [5, 5.41) is 26.4. The van der Waals surface area contributed by atoms with Crippen molar-refractivity contribution in [2.45, 2.75) is 39.9 Å². The first kappa shape index (κ1) is 12.4. The Kier molecular flexibility index (Phi) is 4.36. The molecule has 0 saturated carbocycles. The van der Waals surface area contributed by atoms with Crippen molar-refractivity contribution >= 4 is 5.97 Å². The number of aliphatic carboxylic acids is 1. The minimum atomic E-state index is -1.43. The molecule has 0 radical (unpaired) electrons. The van der Waals surface area contributed by atoms with Gasteiger partial charge in [-0.2, -0.15) is 0 Å². The van der Waals surface area contributed by atoms with E-state index in [4.69, 9.17) is 15.3 Å². The molecule has 3 N–H and O–H groups in total. The summed E-state index contributed by atoms with van der Waals surface area (Å²) in [5.41, 5.74) is -0.904. The summed E-state index contributed by atoms with van der Waals surface area (Å²) < 4.78 is 0. The Morgan fingerprint density at radius 3 is 2.08 bits per heavy atom. The van der Waals surface area contributed by atoms with Gasteiger partial charge in [-0.3, -0.25) is 4.79 Å². The van der Waals surface area contributed by atoms with E-state index in [1.54, 1.807) is 13.8 Å². The monoisotopic (exact) mass is 190 g/mol. The zero-order chi connectivity index (χ0) is 10.6. The lowest BCUT2D eigenvalue weighted by Gasteiger charge is -2.29. The Morgan fingerprint density at radius 1 is 1.38 bits per heavy atom. The number of rotatable bonds is 5. The fraction of sp³-hybridized carbons (Fsp3) is 0.889. The standard InChI is InChI=1S/C9H18O4/c1-4-6(5-7(10)11)9(2,3)8(12)13/h6-7,10-11H,4-5H2,1-3H3,(H,12,13). The van der Waals surface area contributed by atoms with Crippen LogP contribution in [0.15, 0.2) is 0 Å². The first-order valence-corrected chi connectivity index (χ1v) is 4.41. The Bertz CT molecular complexity index is 174. The molecule has 0 aliphatic heterocycles. The molecule has 0 aliphatic rings. The number of carbonyl (C=O) groups is 1. The van der Waals surface area contributed by atoms with E-state index in [1.807, 2.05) is 6.92 Å². The van der Waals surface area contributed by atoms with Crippen LogP contribution in [-0.4, -0.2) is 27.6 Å². The first-order chi connectivity index (χ1) is 5.82. The van der Waals surface area contributed by atoms with Crippen molar-refractivity contribution in [3.05, 3.63) is 0 Å². The van der Waals surface area contributed by atoms with Gasteiger partial charge in [-0.15, -0.1) is 0 Å². The third-order valence-corrected chi connectivity index (χ3v) is 2.56. The summed E-state index contributed by atoms with van der Waals surface area (Å²) >= 11 is 0. The van der Waals surface area contributed by atoms with Gasteiger partial charge in [0.15, 0.2) is 6.29 Å². The number of aliphatic hydroxyl groups excluding tert-OH is 1. The molecule has 0 aromatic carbocycles. The summed E-state index contributed by atoms with van der Waals surface area (Å²) in [5.74, 6) is -1.12. The quantitative estimate of drug-likeness (QED) is 0.561. The zero-order valence-electron chi connectivity index (χ0n) is 8.32. The van der Waals surface area contributed by atoms with E-state index in [0.29, 0.717) is 6.42 Å². The molecule has 1 unspecified atom stereocenters. The molecule has 0 aromatic heterocycles. The molecular weight excluding hydrogens is 172 g/mol. The summed E-state index contributed by atoms with van der Waals surface area (Å²) in [4.78, 5) is 10.8. The third kappa shape index (κ3) is 3.32. The Labute approximate surface area is 78.2 Å². The van der Waals surface area contributed by atoms with Crippen molar-refractivity contribution < 1.29 is 20.1 Å². The van der Waals surface area contributed by atoms with E-state index in [-0.39, 0.29) is 12.3 Å². The maximum Gasteiger partial charge on any atom is 0.309 e. The molecular formula is C9H18O4. The molecule has 0 aliphatic carbocycles. The Morgan fingerprint density at radius 2 is 1.85 bits per heavy atom. The molecule has 13 heavy (non-hydrogen) atoms. The van der Waals surface area contributed by atoms with Gasteiger partial charge in [-0.05, 0) is 19.8 Å². The van der Waals surface area contributed by atoms with Gasteiger partial charge in [0.05, 0.1) is 5.41 Å². The first-order valence-electron chi connectivity index (χ1n) is 4.41. The maximum atomic E-state index is 10.8. The number of aliphatic hydroxyl groups is 2. The highest BCUT2D eigenvalue weighted by Gasteiger charge is 2.36. The number of carboxylic acids is 1. The smallest absolute Gasteiger partial charge is 0.309 e. The van der Waals surface area contributed by atoms with Gasteiger partial charge in [-0.1, -0.05) is 13.3 Å². The van der Waals surface area contributed by atoms with E-state index >= 15 is 0 Å². The van der Waals surface area contributed by atoms with Gasteiger partial charge in [-0.25, -0.2) is 0 Å². The van der Waals surface area contributed by atoms with Crippen LogP contribution in [0.3, 0.4) is 0 Å². The van der Waals surface area contributed by atoms with Crippen LogP contribution in [0, 0.1) is 11.3 Å². The van der Waals surface area contributed by atoms with Gasteiger partial charge >= 0.3 is 5.97 Å². The van der Waals surface area contributed by atoms with Crippen LogP contribution in [-0.2, 0) is 4.79 Å². The third-order valence-electron chi connectivity index (χ3n) is 2.56. The van der Waals surface area contributed by atoms with Gasteiger partial charge in [0.25, 0.3) is 0 Å². The molecule has 0 fully saturated rings. The van der Waals surface area contributed by atoms with Crippen LogP contribution < -0.4 is 0 Å². The molecule has 0 heterocycles. The van der Waals surface area contributed by atoms with E-state index in [9.17, 15) is 4.79 Å². The number of hydrogen-bond donors (Lipinski definition) is 3. The molecule has 4 nitrogen and oxygen atoms in total. The van der Waals surface area contributed by atoms with Crippen LogP contribution in [0.25, 0.3) is 0 Å². The zero-order valence-corrected chi connectivity index (χ0v) is 8.32. The molecule has 0 amide bonds. The average molecular weight is 190 g/mol. The van der Waals surface area contributed by atoms with Crippen LogP contribution in [0.2, 0.25) is 0 Å². The predicted molar refractivity (Wildman–Crippen MR) is 48.0 cm³/mol. The molecule has 78 valence electrons. The molecule has 0 spiro atoms. The summed E-state index contributed by atoms with van der Waals surface area (Å²) in [6.07, 6.45) is -0.698. The van der Waals surface area contributed by atoms with Crippen molar-refractivity contribution in [2.24, 2.45) is 11.3 Å². The maximum absolute atomic E-state index is 10.8. The summed E-state index contributed by atoms with van der Waals surface area (Å²) in [7, 11) is 0. The van der Waals surface area contributed by atoms with Crippen LogP contribution >= 0.6 is 0 Å². The second-order valence-corrected chi connectivity index (χ2v) is 3.85. The topological polar surface area (TPSA) is 77.8 Å². The van der Waals surface area contributed by atoms with E-state index in [2.05, 4.69) is 0 Å². The van der Waals surface area contributed by atoms with Crippen molar-refractivity contribution in [1.29, 1.82) is 0 Å². The van der Waals surface area contributed by atoms with E-state index in [1.165, 1.54) is 0 Å². The lowest BCUT2D eigenvalue weighted by atomic mass is 9.75. The minimum Gasteiger partial charge on any atom is -0.481 e. The second kappa shape index (κ2) is 4.58. The molecule has 0 aromatic rings. The highest BCUT2D eigenvalue weighted by molar-refractivity contribution is 5.73. The minimum absolute atomic E-state index is 0.107. The van der Waals surface area contributed by atoms with Crippen molar-refractivity contribution in [1.82, 2.24) is 0 Å². The largest absolute Gasteiger partial charge is 0.481 e. The summed E-state index contributed by atoms with van der Waals surface area (Å²) in [6, 6.07) is 0. The van der Waals surface area contributed by atoms with Crippen molar-refractivity contribution in [2.75, 3.05) is 0 Å². The lowest BCUT2D eigenvalue weighted by Crippen LogP contribution is -2.34. The molecule has 1 atom stereocenters. The number of carboxylic acid groups (broad SMARTS) is 1. The fourth-order valence-corrected chi connectivity index (χ4v) is 1.40.